The zero-order chi connectivity index (χ0) is 23.7. The van der Waals surface area contributed by atoms with Crippen molar-refractivity contribution in [1.82, 2.24) is 14.3 Å². The molecule has 1 aliphatic heterocycles. The van der Waals surface area contributed by atoms with Gasteiger partial charge in [0.25, 0.3) is 0 Å². The van der Waals surface area contributed by atoms with Crippen molar-refractivity contribution in [1.29, 1.82) is 0 Å². The molecule has 5 heteroatoms. The van der Waals surface area contributed by atoms with Crippen LogP contribution in [0, 0.1) is 20.8 Å². The number of aromatic nitrogens is 2. The van der Waals surface area contributed by atoms with Gasteiger partial charge in [-0.25, -0.2) is 0 Å². The van der Waals surface area contributed by atoms with Crippen LogP contribution in [0.2, 0.25) is 0 Å². The molecular formula is C28H36N4O. The van der Waals surface area contributed by atoms with E-state index in [1.54, 1.807) is 0 Å². The van der Waals surface area contributed by atoms with Crippen LogP contribution in [0.25, 0.3) is 17.2 Å². The molecule has 0 saturated carbocycles. The molecule has 0 radical (unpaired) electrons. The molecule has 174 valence electrons. The molecule has 1 atom stereocenters. The molecule has 1 fully saturated rings. The number of piperazine rings is 1. The van der Waals surface area contributed by atoms with Crippen LogP contribution in [0.15, 0.2) is 36.7 Å². The molecule has 5 nitrogen and oxygen atoms in total. The SMILES string of the molecule is CCC(=O)/C(=C\c1ccc(N2CCN(CC)[C@@H](C)C2)cc1C)c1cc2c(C)nc(C)cn2c1. The highest BCUT2D eigenvalue weighted by Gasteiger charge is 2.23. The van der Waals surface area contributed by atoms with Crippen LogP contribution in [0.1, 0.15) is 55.3 Å². The number of nitrogens with zero attached hydrogens (tertiary/aromatic N) is 4. The molecule has 2 aromatic heterocycles. The minimum Gasteiger partial charge on any atom is -0.369 e. The van der Waals surface area contributed by atoms with Crippen molar-refractivity contribution in [2.24, 2.45) is 0 Å². The number of rotatable bonds is 6. The van der Waals surface area contributed by atoms with Crippen LogP contribution < -0.4 is 4.90 Å². The first-order valence-corrected chi connectivity index (χ1v) is 12.1. The Morgan fingerprint density at radius 2 is 1.91 bits per heavy atom. The Morgan fingerprint density at radius 3 is 2.58 bits per heavy atom. The number of Topliss-reactive ketones (excluding diaryl/α,β-unsaturated/α-hetero) is 1. The number of hydrogen-bond acceptors (Lipinski definition) is 4. The van der Waals surface area contributed by atoms with Crippen LogP contribution in [0.4, 0.5) is 5.69 Å². The number of fused-ring (bicyclic) bond motifs is 1. The molecule has 0 amide bonds. The summed E-state index contributed by atoms with van der Waals surface area (Å²) in [6.07, 6.45) is 6.60. The molecule has 0 spiro atoms. The van der Waals surface area contributed by atoms with E-state index in [1.165, 1.54) is 11.3 Å². The van der Waals surface area contributed by atoms with Gasteiger partial charge in [-0.2, -0.15) is 0 Å². The number of carbonyl (C=O) groups is 1. The molecule has 1 aliphatic rings. The lowest BCUT2D eigenvalue weighted by Gasteiger charge is -2.40. The van der Waals surface area contributed by atoms with Gasteiger partial charge in [0, 0.05) is 61.3 Å². The van der Waals surface area contributed by atoms with Crippen molar-refractivity contribution in [3.63, 3.8) is 0 Å². The van der Waals surface area contributed by atoms with E-state index >= 15 is 0 Å². The monoisotopic (exact) mass is 444 g/mol. The van der Waals surface area contributed by atoms with Crippen molar-refractivity contribution in [3.8, 4) is 0 Å². The minimum absolute atomic E-state index is 0.154. The Labute approximate surface area is 197 Å². The summed E-state index contributed by atoms with van der Waals surface area (Å²) in [6.45, 7) is 16.9. The van der Waals surface area contributed by atoms with Gasteiger partial charge in [0.05, 0.1) is 16.9 Å². The fourth-order valence-electron chi connectivity index (χ4n) is 4.96. The maximum absolute atomic E-state index is 13.0. The Kier molecular flexibility index (Phi) is 6.71. The van der Waals surface area contributed by atoms with Gasteiger partial charge in [-0.05, 0) is 69.6 Å². The highest BCUT2D eigenvalue weighted by molar-refractivity contribution is 6.25. The predicted octanol–water partition coefficient (Wildman–Crippen LogP) is 5.31. The van der Waals surface area contributed by atoms with Crippen LogP contribution in [0.5, 0.6) is 0 Å². The lowest BCUT2D eigenvalue weighted by molar-refractivity contribution is -0.113. The number of ketones is 1. The van der Waals surface area contributed by atoms with Gasteiger partial charge >= 0.3 is 0 Å². The molecule has 4 rings (SSSR count). The van der Waals surface area contributed by atoms with Crippen LogP contribution in [0.3, 0.4) is 0 Å². The maximum Gasteiger partial charge on any atom is 0.163 e. The fraction of sp³-hybridized carbons (Fsp3) is 0.429. The van der Waals surface area contributed by atoms with Gasteiger partial charge in [0.1, 0.15) is 0 Å². The van der Waals surface area contributed by atoms with Crippen molar-refractivity contribution in [2.45, 2.75) is 54.0 Å². The van der Waals surface area contributed by atoms with E-state index in [0.29, 0.717) is 12.5 Å². The van der Waals surface area contributed by atoms with E-state index in [0.717, 1.165) is 59.8 Å². The maximum atomic E-state index is 13.0. The summed E-state index contributed by atoms with van der Waals surface area (Å²) in [5, 5.41) is 0. The van der Waals surface area contributed by atoms with E-state index in [2.05, 4.69) is 76.5 Å². The average Bonchev–Trinajstić information content (AvgIpc) is 3.21. The number of aryl methyl sites for hydroxylation is 3. The molecule has 0 aliphatic carbocycles. The Hall–Kier alpha value is -2.92. The Balaban J connectivity index is 1.68. The van der Waals surface area contributed by atoms with Crippen LogP contribution in [-0.2, 0) is 4.79 Å². The summed E-state index contributed by atoms with van der Waals surface area (Å²) in [5.41, 5.74) is 8.25. The lowest BCUT2D eigenvalue weighted by Crippen LogP contribution is -2.51. The van der Waals surface area contributed by atoms with Crippen molar-refractivity contribution < 1.29 is 4.79 Å². The number of allylic oxidation sites excluding steroid dienone is 1. The smallest absolute Gasteiger partial charge is 0.163 e. The normalized spacial score (nSPS) is 17.7. The van der Waals surface area contributed by atoms with Gasteiger partial charge in [0.15, 0.2) is 5.78 Å². The topological polar surface area (TPSA) is 40.9 Å². The molecule has 0 N–H and O–H groups in total. The quantitative estimate of drug-likeness (QED) is 0.483. The third-order valence-corrected chi connectivity index (χ3v) is 6.91. The second-order valence-electron chi connectivity index (χ2n) is 9.29. The number of anilines is 1. The molecule has 0 unspecified atom stereocenters. The van der Waals surface area contributed by atoms with Crippen molar-refractivity contribution >= 4 is 28.6 Å². The molecule has 0 bridgehead atoms. The highest BCUT2D eigenvalue weighted by Crippen LogP contribution is 2.28. The minimum atomic E-state index is 0.154. The zero-order valence-electron chi connectivity index (χ0n) is 20.9. The summed E-state index contributed by atoms with van der Waals surface area (Å²) >= 11 is 0. The van der Waals surface area contributed by atoms with Crippen molar-refractivity contribution in [3.05, 3.63) is 64.7 Å². The number of hydrogen-bond donors (Lipinski definition) is 0. The molecule has 33 heavy (non-hydrogen) atoms. The van der Waals surface area contributed by atoms with E-state index in [-0.39, 0.29) is 5.78 Å². The van der Waals surface area contributed by atoms with E-state index in [1.807, 2.05) is 27.0 Å². The van der Waals surface area contributed by atoms with Gasteiger partial charge < -0.3 is 9.30 Å². The lowest BCUT2D eigenvalue weighted by atomic mass is 9.97. The summed E-state index contributed by atoms with van der Waals surface area (Å²) < 4.78 is 2.08. The summed E-state index contributed by atoms with van der Waals surface area (Å²) in [4.78, 5) is 22.5. The third-order valence-electron chi connectivity index (χ3n) is 6.91. The summed E-state index contributed by atoms with van der Waals surface area (Å²) in [7, 11) is 0. The summed E-state index contributed by atoms with van der Waals surface area (Å²) in [6, 6.07) is 9.27. The zero-order valence-corrected chi connectivity index (χ0v) is 20.9. The second-order valence-corrected chi connectivity index (χ2v) is 9.29. The number of carbonyl (C=O) groups excluding carboxylic acids is 1. The predicted molar refractivity (Wildman–Crippen MR) is 138 cm³/mol. The second kappa shape index (κ2) is 9.52. The third kappa shape index (κ3) is 4.74. The Morgan fingerprint density at radius 1 is 1.12 bits per heavy atom. The van der Waals surface area contributed by atoms with E-state index < -0.39 is 0 Å². The van der Waals surface area contributed by atoms with Gasteiger partial charge in [0.2, 0.25) is 0 Å². The standard InChI is InChI=1S/C28H36N4O/c1-7-28(33)26(24-15-27-22(6)29-20(4)16-32(27)18-24)14-23-9-10-25(13-19(23)3)31-12-11-30(8-2)21(5)17-31/h9-10,13-16,18,21H,7-8,11-12,17H2,1-6H3/b26-14-/t21-/m0/s1. The number of benzene rings is 1. The Bertz CT molecular complexity index is 1210. The fourth-order valence-corrected chi connectivity index (χ4v) is 4.96. The van der Waals surface area contributed by atoms with Gasteiger partial charge in [-0.3, -0.25) is 14.7 Å². The van der Waals surface area contributed by atoms with E-state index in [4.69, 9.17) is 0 Å². The molecule has 1 aromatic carbocycles. The molecule has 3 heterocycles. The van der Waals surface area contributed by atoms with E-state index in [9.17, 15) is 4.79 Å². The first-order valence-electron chi connectivity index (χ1n) is 12.1. The van der Waals surface area contributed by atoms with Gasteiger partial charge in [-0.15, -0.1) is 0 Å². The summed E-state index contributed by atoms with van der Waals surface area (Å²) in [5.74, 6) is 0.154. The van der Waals surface area contributed by atoms with Crippen LogP contribution >= 0.6 is 0 Å². The van der Waals surface area contributed by atoms with Gasteiger partial charge in [-0.1, -0.05) is 19.9 Å². The average molecular weight is 445 g/mol. The largest absolute Gasteiger partial charge is 0.369 e. The highest BCUT2D eigenvalue weighted by atomic mass is 16.1. The molecular weight excluding hydrogens is 408 g/mol. The van der Waals surface area contributed by atoms with Crippen molar-refractivity contribution in [2.75, 3.05) is 31.1 Å². The number of likely N-dealkylation sites (N-methyl/N-ethyl adjacent to an activating group) is 1. The first kappa shape index (κ1) is 23.2. The molecule has 3 aromatic rings. The first-order chi connectivity index (χ1) is 15.8. The van der Waals surface area contributed by atoms with Crippen LogP contribution in [-0.4, -0.2) is 52.3 Å². The molecule has 1 saturated heterocycles.